The van der Waals surface area contributed by atoms with Crippen LogP contribution in [-0.4, -0.2) is 27.8 Å². The Labute approximate surface area is 177 Å². The second kappa shape index (κ2) is 10.0. The number of nitrogens with zero attached hydrogens (tertiary/aromatic N) is 2. The lowest BCUT2D eigenvalue weighted by molar-refractivity contribution is -0.116. The Balaban J connectivity index is 1.87. The highest BCUT2D eigenvalue weighted by molar-refractivity contribution is 7.99. The highest BCUT2D eigenvalue weighted by Gasteiger charge is 2.23. The van der Waals surface area contributed by atoms with E-state index < -0.39 is 11.2 Å². The maximum absolute atomic E-state index is 12.9. The molecule has 30 heavy (non-hydrogen) atoms. The smallest absolute Gasteiger partial charge is 0.330 e. The largest absolute Gasteiger partial charge is 0.468 e. The molecule has 0 bridgehead atoms. The maximum Gasteiger partial charge on any atom is 0.330 e. The van der Waals surface area contributed by atoms with Gasteiger partial charge in [-0.1, -0.05) is 37.3 Å². The van der Waals surface area contributed by atoms with Crippen LogP contribution in [-0.2, 0) is 17.1 Å². The first-order valence-electron chi connectivity index (χ1n) is 9.58. The number of nitrogen functional groups attached to an aromatic ring is 1. The van der Waals surface area contributed by atoms with Gasteiger partial charge in [-0.2, -0.15) is 0 Å². The lowest BCUT2D eigenvalue weighted by Crippen LogP contribution is -2.42. The lowest BCUT2D eigenvalue weighted by atomic mass is 10.2. The van der Waals surface area contributed by atoms with Crippen molar-refractivity contribution in [3.05, 3.63) is 80.9 Å². The van der Waals surface area contributed by atoms with E-state index in [-0.39, 0.29) is 29.7 Å². The van der Waals surface area contributed by atoms with Crippen molar-refractivity contribution in [3.8, 4) is 0 Å². The first-order chi connectivity index (χ1) is 14.5. The predicted molar refractivity (Wildman–Crippen MR) is 119 cm³/mol. The topological polar surface area (TPSA) is 114 Å². The van der Waals surface area contributed by atoms with Gasteiger partial charge >= 0.3 is 5.69 Å². The van der Waals surface area contributed by atoms with Crippen LogP contribution in [0.5, 0.6) is 0 Å². The van der Waals surface area contributed by atoms with Crippen LogP contribution in [0, 0.1) is 0 Å². The third-order valence-electron chi connectivity index (χ3n) is 4.47. The zero-order valence-electron chi connectivity index (χ0n) is 16.7. The van der Waals surface area contributed by atoms with Gasteiger partial charge in [-0.3, -0.25) is 19.1 Å². The van der Waals surface area contributed by atoms with E-state index in [4.69, 9.17) is 10.2 Å². The van der Waals surface area contributed by atoms with Crippen molar-refractivity contribution in [3.63, 3.8) is 0 Å². The number of nitrogens with two attached hydrogens (primary N) is 1. The van der Waals surface area contributed by atoms with E-state index in [0.29, 0.717) is 18.7 Å². The zero-order chi connectivity index (χ0) is 21.5. The van der Waals surface area contributed by atoms with Gasteiger partial charge in [0, 0.05) is 6.54 Å². The average molecular weight is 429 g/mol. The number of nitrogens with one attached hydrogen (secondary N) is 1. The molecule has 0 radical (unpaired) electrons. The molecular weight excluding hydrogens is 404 g/mol. The molecule has 0 aliphatic carbocycles. The second-order valence-corrected chi connectivity index (χ2v) is 7.67. The molecule has 3 N–H and O–H groups in total. The Bertz CT molecular complexity index is 1090. The molecule has 0 unspecified atom stereocenters. The molecule has 0 spiro atoms. The molecule has 1 amide bonds. The Morgan fingerprint density at radius 2 is 1.97 bits per heavy atom. The molecule has 0 saturated heterocycles. The number of anilines is 2. The fourth-order valence-electron chi connectivity index (χ4n) is 3.06. The van der Waals surface area contributed by atoms with E-state index in [1.165, 1.54) is 21.2 Å². The van der Waals surface area contributed by atoms with E-state index in [0.717, 1.165) is 11.3 Å². The molecule has 9 heteroatoms. The molecule has 2 heterocycles. The van der Waals surface area contributed by atoms with Crippen LogP contribution in [0.3, 0.4) is 0 Å². The van der Waals surface area contributed by atoms with E-state index >= 15 is 0 Å². The molecule has 8 nitrogen and oxygen atoms in total. The summed E-state index contributed by atoms with van der Waals surface area (Å²) in [5, 5.41) is 0. The number of aromatic nitrogens is 2. The average Bonchev–Trinajstić information content (AvgIpc) is 3.24. The zero-order valence-corrected chi connectivity index (χ0v) is 17.5. The third kappa shape index (κ3) is 5.04. The van der Waals surface area contributed by atoms with Crippen LogP contribution in [0.1, 0.15) is 24.7 Å². The van der Waals surface area contributed by atoms with Crippen molar-refractivity contribution >= 4 is 29.2 Å². The quantitative estimate of drug-likeness (QED) is 0.541. The summed E-state index contributed by atoms with van der Waals surface area (Å²) in [5.41, 5.74) is 5.82. The number of carbonyl (C=O) groups excluding carboxylic acids is 1. The van der Waals surface area contributed by atoms with E-state index in [1.807, 2.05) is 43.3 Å². The minimum absolute atomic E-state index is 0.0102. The van der Waals surface area contributed by atoms with Crippen molar-refractivity contribution in [2.24, 2.45) is 0 Å². The summed E-state index contributed by atoms with van der Waals surface area (Å²) in [6, 6.07) is 12.9. The fourth-order valence-corrected chi connectivity index (χ4v) is 3.86. The Hall–Kier alpha value is -3.20. The van der Waals surface area contributed by atoms with Crippen molar-refractivity contribution in [1.82, 2.24) is 9.55 Å². The molecule has 3 aromatic rings. The minimum Gasteiger partial charge on any atom is -0.468 e. The minimum atomic E-state index is -0.667. The van der Waals surface area contributed by atoms with Gasteiger partial charge in [0.2, 0.25) is 5.91 Å². The maximum atomic E-state index is 12.9. The standard InChI is InChI=1S/C21H24N4O4S/c1-2-10-24(17(26)14-30-13-16-9-6-11-29-16)18-19(22)25(21(28)23-20(18)27)12-15-7-4-3-5-8-15/h3-9,11H,2,10,12-14,22H2,1H3,(H,23,27,28). The van der Waals surface area contributed by atoms with Crippen LogP contribution < -0.4 is 21.9 Å². The summed E-state index contributed by atoms with van der Waals surface area (Å²) >= 11 is 1.38. The molecule has 0 saturated carbocycles. The molecule has 158 valence electrons. The van der Waals surface area contributed by atoms with Crippen molar-refractivity contribution < 1.29 is 9.21 Å². The van der Waals surface area contributed by atoms with Crippen LogP contribution in [0.2, 0.25) is 0 Å². The second-order valence-electron chi connectivity index (χ2n) is 6.68. The van der Waals surface area contributed by atoms with Crippen molar-refractivity contribution in [1.29, 1.82) is 0 Å². The molecule has 3 rings (SSSR count). The summed E-state index contributed by atoms with van der Waals surface area (Å²) in [7, 11) is 0. The highest BCUT2D eigenvalue weighted by Crippen LogP contribution is 2.20. The molecule has 0 atom stereocenters. The summed E-state index contributed by atoms with van der Waals surface area (Å²) < 4.78 is 6.55. The summed E-state index contributed by atoms with van der Waals surface area (Å²) in [6.07, 6.45) is 2.21. The molecule has 2 aromatic heterocycles. The van der Waals surface area contributed by atoms with E-state index in [1.54, 1.807) is 12.3 Å². The number of furan rings is 1. The number of aromatic amines is 1. The van der Waals surface area contributed by atoms with Crippen LogP contribution in [0.25, 0.3) is 0 Å². The first kappa shape index (κ1) is 21.5. The Morgan fingerprint density at radius 3 is 2.63 bits per heavy atom. The van der Waals surface area contributed by atoms with E-state index in [9.17, 15) is 14.4 Å². The number of amides is 1. The van der Waals surface area contributed by atoms with Crippen LogP contribution >= 0.6 is 11.8 Å². The third-order valence-corrected chi connectivity index (χ3v) is 5.41. The van der Waals surface area contributed by atoms with E-state index in [2.05, 4.69) is 4.98 Å². The molecule has 0 fully saturated rings. The Kier molecular flexibility index (Phi) is 7.18. The summed E-state index contributed by atoms with van der Waals surface area (Å²) in [4.78, 5) is 41.5. The van der Waals surface area contributed by atoms with Gasteiger partial charge in [0.25, 0.3) is 5.56 Å². The van der Waals surface area contributed by atoms with Crippen LogP contribution in [0.15, 0.2) is 62.7 Å². The summed E-state index contributed by atoms with van der Waals surface area (Å²) in [5.74, 6) is 1.18. The van der Waals surface area contributed by atoms with Gasteiger partial charge in [-0.15, -0.1) is 11.8 Å². The van der Waals surface area contributed by atoms with Crippen LogP contribution in [0.4, 0.5) is 11.5 Å². The number of hydrogen-bond acceptors (Lipinski definition) is 6. The predicted octanol–water partition coefficient (Wildman–Crippen LogP) is 2.44. The fraction of sp³-hybridized carbons (Fsp3) is 0.286. The van der Waals surface area contributed by atoms with Crippen molar-refractivity contribution in [2.45, 2.75) is 25.6 Å². The summed E-state index contributed by atoms with van der Waals surface area (Å²) in [6.45, 7) is 2.41. The van der Waals surface area contributed by atoms with Gasteiger partial charge in [0.05, 0.1) is 24.3 Å². The number of carbonyl (C=O) groups is 1. The molecule has 0 aliphatic rings. The molecule has 0 aliphatic heterocycles. The number of benzene rings is 1. The SMILES string of the molecule is CCCN(C(=O)CSCc1ccco1)c1c(N)n(Cc2ccccc2)c(=O)[nH]c1=O. The van der Waals surface area contributed by atoms with Gasteiger partial charge in [-0.25, -0.2) is 4.79 Å². The first-order valence-corrected chi connectivity index (χ1v) is 10.7. The molecular formula is C21H24N4O4S. The number of rotatable bonds is 9. The Morgan fingerprint density at radius 1 is 1.20 bits per heavy atom. The lowest BCUT2D eigenvalue weighted by Gasteiger charge is -2.24. The van der Waals surface area contributed by atoms with Gasteiger partial charge in [-0.05, 0) is 24.1 Å². The monoisotopic (exact) mass is 428 g/mol. The van der Waals surface area contributed by atoms with Gasteiger partial charge < -0.3 is 15.1 Å². The molecule has 1 aromatic carbocycles. The number of thioether (sulfide) groups is 1. The van der Waals surface area contributed by atoms with Crippen molar-refractivity contribution in [2.75, 3.05) is 22.9 Å². The highest BCUT2D eigenvalue weighted by atomic mass is 32.2. The normalized spacial score (nSPS) is 10.8. The number of hydrogen-bond donors (Lipinski definition) is 2. The van der Waals surface area contributed by atoms with Gasteiger partial charge in [0.1, 0.15) is 11.6 Å². The number of H-pyrrole nitrogens is 1. The van der Waals surface area contributed by atoms with Gasteiger partial charge in [0.15, 0.2) is 5.69 Å².